The topological polar surface area (TPSA) is 69.9 Å². The summed E-state index contributed by atoms with van der Waals surface area (Å²) in [6.45, 7) is 5.99. The highest BCUT2D eigenvalue weighted by Crippen LogP contribution is 2.28. The van der Waals surface area contributed by atoms with Crippen LogP contribution in [0.25, 0.3) is 0 Å². The van der Waals surface area contributed by atoms with Crippen LogP contribution >= 0.6 is 0 Å². The Kier molecular flexibility index (Phi) is 6.45. The van der Waals surface area contributed by atoms with Crippen LogP contribution < -0.4 is 4.90 Å². The van der Waals surface area contributed by atoms with Crippen molar-refractivity contribution in [3.8, 4) is 0 Å². The van der Waals surface area contributed by atoms with E-state index in [1.165, 1.54) is 12.1 Å². The first-order chi connectivity index (χ1) is 13.1. The van der Waals surface area contributed by atoms with E-state index in [0.717, 1.165) is 32.4 Å². The number of benzene rings is 1. The predicted octanol–water partition coefficient (Wildman–Crippen LogP) is 3.02. The number of allylic oxidation sites excluding steroid dienone is 2. The molecule has 3 rings (SSSR count). The Balaban J connectivity index is 1.57. The molecule has 0 bridgehead atoms. The van der Waals surface area contributed by atoms with Gasteiger partial charge in [0.2, 0.25) is 5.91 Å². The van der Waals surface area contributed by atoms with Gasteiger partial charge in [-0.2, -0.15) is 0 Å². The van der Waals surface area contributed by atoms with Crippen molar-refractivity contribution >= 4 is 17.3 Å². The number of nitro groups is 1. The van der Waals surface area contributed by atoms with E-state index in [4.69, 9.17) is 0 Å². The highest BCUT2D eigenvalue weighted by molar-refractivity contribution is 5.80. The average Bonchev–Trinajstić information content (AvgIpc) is 2.70. The molecule has 0 atom stereocenters. The molecule has 146 valence electrons. The number of anilines is 1. The van der Waals surface area contributed by atoms with Crippen molar-refractivity contribution in [3.63, 3.8) is 0 Å². The Morgan fingerprint density at radius 2 is 1.93 bits per heavy atom. The molecule has 27 heavy (non-hydrogen) atoms. The van der Waals surface area contributed by atoms with Crippen LogP contribution in [0.3, 0.4) is 0 Å². The van der Waals surface area contributed by atoms with E-state index in [-0.39, 0.29) is 16.5 Å². The first kappa shape index (κ1) is 19.4. The Morgan fingerprint density at radius 1 is 1.19 bits per heavy atom. The number of carbonyl (C=O) groups excluding carboxylic acids is 1. The molecule has 1 aromatic carbocycles. The van der Waals surface area contributed by atoms with Gasteiger partial charge in [-0.1, -0.05) is 18.2 Å². The summed E-state index contributed by atoms with van der Waals surface area (Å²) in [6, 6.07) is 6.86. The van der Waals surface area contributed by atoms with E-state index in [9.17, 15) is 14.9 Å². The zero-order chi connectivity index (χ0) is 19.2. The zero-order valence-electron chi connectivity index (χ0n) is 16.0. The number of carbonyl (C=O) groups is 1. The number of hydrogen-bond acceptors (Lipinski definition) is 5. The van der Waals surface area contributed by atoms with Gasteiger partial charge in [0.25, 0.3) is 5.69 Å². The Labute approximate surface area is 160 Å². The maximum absolute atomic E-state index is 12.8. The molecule has 0 unspecified atom stereocenters. The van der Waals surface area contributed by atoms with Crippen LogP contribution in [0, 0.1) is 10.1 Å². The normalized spacial score (nSPS) is 18.1. The van der Waals surface area contributed by atoms with Crippen LogP contribution in [0.5, 0.6) is 0 Å². The summed E-state index contributed by atoms with van der Waals surface area (Å²) >= 11 is 0. The smallest absolute Gasteiger partial charge is 0.292 e. The van der Waals surface area contributed by atoms with Gasteiger partial charge in [-0.25, -0.2) is 0 Å². The zero-order valence-corrected chi connectivity index (χ0v) is 16.0. The number of nitrogens with zero attached hydrogens (tertiary/aromatic N) is 4. The van der Waals surface area contributed by atoms with Crippen molar-refractivity contribution < 1.29 is 9.72 Å². The van der Waals surface area contributed by atoms with Gasteiger partial charge in [0.05, 0.1) is 11.5 Å². The third kappa shape index (κ3) is 4.66. The summed E-state index contributed by atoms with van der Waals surface area (Å²) in [4.78, 5) is 29.8. The molecule has 1 aliphatic carbocycles. The minimum atomic E-state index is -0.331. The number of amides is 1. The molecule has 0 spiro atoms. The minimum Gasteiger partial charge on any atom is -0.363 e. The van der Waals surface area contributed by atoms with Crippen molar-refractivity contribution in [1.29, 1.82) is 0 Å². The second kappa shape index (κ2) is 8.99. The lowest BCUT2D eigenvalue weighted by Gasteiger charge is -2.36. The fourth-order valence-electron chi connectivity index (χ4n) is 3.92. The molecule has 1 fully saturated rings. The predicted molar refractivity (Wildman–Crippen MR) is 106 cm³/mol. The van der Waals surface area contributed by atoms with Gasteiger partial charge >= 0.3 is 0 Å². The quantitative estimate of drug-likeness (QED) is 0.567. The molecule has 7 nitrogen and oxygen atoms in total. The summed E-state index contributed by atoms with van der Waals surface area (Å²) in [5.74, 6) is 0.157. The lowest BCUT2D eigenvalue weighted by molar-refractivity contribution is -0.384. The first-order valence-corrected chi connectivity index (χ1v) is 9.80. The molecule has 1 aliphatic heterocycles. The monoisotopic (exact) mass is 372 g/mol. The third-order valence-corrected chi connectivity index (χ3v) is 5.38. The number of nitro benzene ring substituents is 1. The first-order valence-electron chi connectivity index (χ1n) is 9.80. The van der Waals surface area contributed by atoms with Gasteiger partial charge in [-0.3, -0.25) is 19.8 Å². The van der Waals surface area contributed by atoms with Crippen LogP contribution in [0.15, 0.2) is 36.0 Å². The van der Waals surface area contributed by atoms with Crippen LogP contribution in [0.1, 0.15) is 32.6 Å². The fourth-order valence-corrected chi connectivity index (χ4v) is 3.92. The van der Waals surface area contributed by atoms with Crippen LogP contribution in [0.4, 0.5) is 11.4 Å². The number of hydrogen-bond donors (Lipinski definition) is 0. The summed E-state index contributed by atoms with van der Waals surface area (Å²) in [6.07, 6.45) is 6.63. The van der Waals surface area contributed by atoms with E-state index in [1.807, 2.05) is 22.8 Å². The summed E-state index contributed by atoms with van der Waals surface area (Å²) in [5, 5.41) is 11.2. The Bertz CT molecular complexity index is 711. The van der Waals surface area contributed by atoms with Crippen molar-refractivity contribution in [2.24, 2.45) is 0 Å². The minimum absolute atomic E-state index is 0.142. The highest BCUT2D eigenvalue weighted by Gasteiger charge is 2.26. The summed E-state index contributed by atoms with van der Waals surface area (Å²) in [7, 11) is 0. The van der Waals surface area contributed by atoms with Crippen molar-refractivity contribution in [2.75, 3.05) is 44.2 Å². The van der Waals surface area contributed by atoms with E-state index < -0.39 is 0 Å². The molecule has 1 aromatic rings. The van der Waals surface area contributed by atoms with Gasteiger partial charge in [0.1, 0.15) is 5.69 Å². The van der Waals surface area contributed by atoms with Gasteiger partial charge in [-0.15, -0.1) is 0 Å². The largest absolute Gasteiger partial charge is 0.363 e. The number of rotatable bonds is 6. The lowest BCUT2D eigenvalue weighted by Crippen LogP contribution is -2.50. The van der Waals surface area contributed by atoms with Gasteiger partial charge in [-0.05, 0) is 38.7 Å². The third-order valence-electron chi connectivity index (χ3n) is 5.38. The van der Waals surface area contributed by atoms with Crippen molar-refractivity contribution in [1.82, 2.24) is 9.80 Å². The lowest BCUT2D eigenvalue weighted by atomic mass is 10.0. The molecule has 1 heterocycles. The molecule has 2 aliphatic rings. The summed E-state index contributed by atoms with van der Waals surface area (Å²) < 4.78 is 0. The average molecular weight is 372 g/mol. The second-order valence-electron chi connectivity index (χ2n) is 7.09. The standard InChI is InChI=1S/C20H28N4O3/c1-2-23(17-8-4-3-5-9-17)20(25)16-21-12-14-22(15-13-21)18-10-6-7-11-19(18)24(26)27/h6-8,10-11H,2-5,9,12-16H2,1H3. The fraction of sp³-hybridized carbons (Fsp3) is 0.550. The van der Waals surface area contributed by atoms with Crippen molar-refractivity contribution in [3.05, 3.63) is 46.2 Å². The maximum atomic E-state index is 12.8. The molecule has 0 saturated carbocycles. The van der Waals surface area contributed by atoms with Crippen LogP contribution in [0.2, 0.25) is 0 Å². The Morgan fingerprint density at radius 3 is 2.56 bits per heavy atom. The van der Waals surface area contributed by atoms with E-state index >= 15 is 0 Å². The van der Waals surface area contributed by atoms with E-state index in [0.29, 0.717) is 31.9 Å². The Hall–Kier alpha value is -2.41. The number of likely N-dealkylation sites (N-methyl/N-ethyl adjacent to an activating group) is 1. The highest BCUT2D eigenvalue weighted by atomic mass is 16.6. The number of para-hydroxylation sites is 2. The summed E-state index contributed by atoms with van der Waals surface area (Å²) in [5.41, 5.74) is 1.98. The van der Waals surface area contributed by atoms with Gasteiger partial charge in [0.15, 0.2) is 0 Å². The molecule has 0 radical (unpaired) electrons. The molecule has 1 saturated heterocycles. The van der Waals surface area contributed by atoms with Crippen molar-refractivity contribution in [2.45, 2.75) is 32.6 Å². The molecular formula is C20H28N4O3. The number of piperazine rings is 1. The molecule has 0 N–H and O–H groups in total. The van der Waals surface area contributed by atoms with Gasteiger partial charge in [0, 0.05) is 44.5 Å². The van der Waals surface area contributed by atoms with E-state index in [2.05, 4.69) is 11.0 Å². The van der Waals surface area contributed by atoms with Crippen LogP contribution in [-0.2, 0) is 4.79 Å². The molecule has 1 amide bonds. The van der Waals surface area contributed by atoms with Gasteiger partial charge < -0.3 is 9.80 Å². The molecule has 0 aromatic heterocycles. The second-order valence-corrected chi connectivity index (χ2v) is 7.09. The van der Waals surface area contributed by atoms with Crippen LogP contribution in [-0.4, -0.2) is 59.9 Å². The molecular weight excluding hydrogens is 344 g/mol. The SMILES string of the molecule is CCN(C(=O)CN1CCN(c2ccccc2[N+](=O)[O-])CC1)C1=CCCCC1. The maximum Gasteiger partial charge on any atom is 0.292 e. The van der Waals surface area contributed by atoms with E-state index in [1.54, 1.807) is 18.2 Å². The molecule has 7 heteroatoms.